The van der Waals surface area contributed by atoms with Crippen LogP contribution in [-0.4, -0.2) is 28.8 Å². The summed E-state index contributed by atoms with van der Waals surface area (Å²) in [5, 5.41) is 7.73. The number of aryl methyl sites for hydroxylation is 1. The zero-order valence-electron chi connectivity index (χ0n) is 18.2. The van der Waals surface area contributed by atoms with Gasteiger partial charge in [0.05, 0.1) is 18.4 Å². The van der Waals surface area contributed by atoms with Crippen LogP contribution in [0.4, 0.5) is 0 Å². The third kappa shape index (κ3) is 5.74. The maximum atomic E-state index is 13.0. The third-order valence-corrected chi connectivity index (χ3v) is 5.09. The number of nitrogens with zero attached hydrogens (tertiary/aromatic N) is 2. The van der Waals surface area contributed by atoms with Gasteiger partial charge >= 0.3 is 0 Å². The molecule has 1 amide bonds. The average Bonchev–Trinajstić information content (AvgIpc) is 3.47. The number of carbonyl (C=O) groups is 1. The van der Waals surface area contributed by atoms with Crippen molar-refractivity contribution < 1.29 is 13.9 Å². The molecule has 0 radical (unpaired) electrons. The number of hydrogen-bond donors (Lipinski definition) is 1. The largest absolute Gasteiger partial charge is 0.467 e. The fourth-order valence-electron chi connectivity index (χ4n) is 3.40. The van der Waals surface area contributed by atoms with E-state index in [0.717, 1.165) is 22.5 Å². The van der Waals surface area contributed by atoms with Crippen LogP contribution in [0.5, 0.6) is 0 Å². The van der Waals surface area contributed by atoms with Crippen LogP contribution in [0.1, 0.15) is 33.7 Å². The van der Waals surface area contributed by atoms with Gasteiger partial charge in [-0.3, -0.25) is 9.48 Å². The van der Waals surface area contributed by atoms with E-state index >= 15 is 0 Å². The fraction of sp³-hybridized carbons (Fsp3) is 0.231. The van der Waals surface area contributed by atoms with Crippen LogP contribution in [-0.2, 0) is 17.9 Å². The molecule has 0 aliphatic carbocycles. The molecule has 164 valence electrons. The van der Waals surface area contributed by atoms with Crippen LogP contribution in [0.15, 0.2) is 83.6 Å². The van der Waals surface area contributed by atoms with E-state index in [9.17, 15) is 4.79 Å². The number of ether oxygens (including phenoxy) is 1. The summed E-state index contributed by atoms with van der Waals surface area (Å²) in [5.74, 6) is 0.661. The summed E-state index contributed by atoms with van der Waals surface area (Å²) in [5.41, 5.74) is 4.48. The Hall–Kier alpha value is -3.64. The van der Waals surface area contributed by atoms with Gasteiger partial charge in [-0.05, 0) is 31.0 Å². The van der Waals surface area contributed by atoms with E-state index in [-0.39, 0.29) is 5.91 Å². The van der Waals surface area contributed by atoms with Crippen LogP contribution in [0.2, 0.25) is 0 Å². The predicted molar refractivity (Wildman–Crippen MR) is 123 cm³/mol. The number of rotatable bonds is 10. The molecule has 0 aliphatic heterocycles. The van der Waals surface area contributed by atoms with Gasteiger partial charge in [-0.15, -0.1) is 0 Å². The van der Waals surface area contributed by atoms with Crippen molar-refractivity contribution in [2.45, 2.75) is 26.5 Å². The second kappa shape index (κ2) is 10.6. The van der Waals surface area contributed by atoms with Gasteiger partial charge in [-0.2, -0.15) is 5.10 Å². The monoisotopic (exact) mass is 429 g/mol. The molecule has 0 bridgehead atoms. The van der Waals surface area contributed by atoms with Crippen molar-refractivity contribution in [2.24, 2.45) is 0 Å². The predicted octanol–water partition coefficient (Wildman–Crippen LogP) is 4.84. The minimum atomic E-state index is -0.133. The molecule has 4 rings (SSSR count). The Labute approximate surface area is 187 Å². The van der Waals surface area contributed by atoms with E-state index in [1.54, 1.807) is 6.26 Å². The van der Waals surface area contributed by atoms with Crippen molar-refractivity contribution in [3.63, 3.8) is 0 Å². The SMILES string of the molecule is Cc1ccc(-c2nn(Cc3ccccc3)cc2C(=O)NCCCOCc2ccco2)cc1. The van der Waals surface area contributed by atoms with Gasteiger partial charge in [0.15, 0.2) is 0 Å². The summed E-state index contributed by atoms with van der Waals surface area (Å²) in [7, 11) is 0. The molecule has 4 aromatic rings. The Balaban J connectivity index is 1.40. The minimum absolute atomic E-state index is 0.133. The molecule has 2 aromatic heterocycles. The van der Waals surface area contributed by atoms with Crippen molar-refractivity contribution in [1.29, 1.82) is 0 Å². The van der Waals surface area contributed by atoms with E-state index in [4.69, 9.17) is 14.3 Å². The maximum absolute atomic E-state index is 13.0. The lowest BCUT2D eigenvalue weighted by molar-refractivity contribution is 0.0917. The Morgan fingerprint density at radius 3 is 2.62 bits per heavy atom. The number of furan rings is 1. The molecular weight excluding hydrogens is 402 g/mol. The van der Waals surface area contributed by atoms with Crippen LogP contribution in [0, 0.1) is 6.92 Å². The van der Waals surface area contributed by atoms with Crippen LogP contribution >= 0.6 is 0 Å². The molecular formula is C26H27N3O3. The molecule has 0 aliphatic rings. The summed E-state index contributed by atoms with van der Waals surface area (Å²) in [4.78, 5) is 13.0. The second-order valence-corrected chi connectivity index (χ2v) is 7.68. The Kier molecular flexibility index (Phi) is 7.15. The highest BCUT2D eigenvalue weighted by Gasteiger charge is 2.18. The second-order valence-electron chi connectivity index (χ2n) is 7.68. The molecule has 0 atom stereocenters. The zero-order chi connectivity index (χ0) is 22.2. The summed E-state index contributed by atoms with van der Waals surface area (Å²) >= 11 is 0. The van der Waals surface area contributed by atoms with Crippen LogP contribution < -0.4 is 5.32 Å². The molecule has 0 fully saturated rings. The molecule has 2 aromatic carbocycles. The number of hydrogen-bond acceptors (Lipinski definition) is 4. The van der Waals surface area contributed by atoms with E-state index < -0.39 is 0 Å². The first kappa shape index (κ1) is 21.6. The first-order valence-electron chi connectivity index (χ1n) is 10.8. The first-order valence-corrected chi connectivity index (χ1v) is 10.8. The van der Waals surface area contributed by atoms with Crippen molar-refractivity contribution in [1.82, 2.24) is 15.1 Å². The van der Waals surface area contributed by atoms with E-state index in [1.165, 1.54) is 0 Å². The summed E-state index contributed by atoms with van der Waals surface area (Å²) in [6, 6.07) is 21.9. The fourth-order valence-corrected chi connectivity index (χ4v) is 3.40. The Morgan fingerprint density at radius 1 is 1.06 bits per heavy atom. The topological polar surface area (TPSA) is 69.3 Å². The van der Waals surface area contributed by atoms with Gasteiger partial charge in [0.25, 0.3) is 5.91 Å². The molecule has 6 nitrogen and oxygen atoms in total. The molecule has 1 N–H and O–H groups in total. The average molecular weight is 430 g/mol. The van der Waals surface area contributed by atoms with Gasteiger partial charge in [0, 0.05) is 24.9 Å². The highest BCUT2D eigenvalue weighted by atomic mass is 16.5. The Bertz CT molecular complexity index is 1120. The van der Waals surface area contributed by atoms with Crippen molar-refractivity contribution >= 4 is 5.91 Å². The molecule has 6 heteroatoms. The van der Waals surface area contributed by atoms with Crippen molar-refractivity contribution in [3.8, 4) is 11.3 Å². The number of aromatic nitrogens is 2. The molecule has 0 saturated heterocycles. The van der Waals surface area contributed by atoms with E-state index in [1.807, 2.05) is 72.4 Å². The zero-order valence-corrected chi connectivity index (χ0v) is 18.2. The molecule has 32 heavy (non-hydrogen) atoms. The summed E-state index contributed by atoms with van der Waals surface area (Å²) in [6.45, 7) is 4.14. The van der Waals surface area contributed by atoms with Gasteiger partial charge < -0.3 is 14.5 Å². The smallest absolute Gasteiger partial charge is 0.255 e. The maximum Gasteiger partial charge on any atom is 0.255 e. The molecule has 2 heterocycles. The third-order valence-electron chi connectivity index (χ3n) is 5.09. The van der Waals surface area contributed by atoms with Gasteiger partial charge in [0.2, 0.25) is 0 Å². The lowest BCUT2D eigenvalue weighted by atomic mass is 10.1. The van der Waals surface area contributed by atoms with Gasteiger partial charge in [-0.1, -0.05) is 60.2 Å². The Morgan fingerprint density at radius 2 is 1.88 bits per heavy atom. The minimum Gasteiger partial charge on any atom is -0.467 e. The number of benzene rings is 2. The number of nitrogens with one attached hydrogen (secondary N) is 1. The normalized spacial score (nSPS) is 10.9. The van der Waals surface area contributed by atoms with Crippen molar-refractivity contribution in [2.75, 3.05) is 13.2 Å². The summed E-state index contributed by atoms with van der Waals surface area (Å²) < 4.78 is 12.6. The van der Waals surface area contributed by atoms with Gasteiger partial charge in [-0.25, -0.2) is 0 Å². The van der Waals surface area contributed by atoms with Crippen LogP contribution in [0.3, 0.4) is 0 Å². The first-order chi connectivity index (χ1) is 15.7. The lowest BCUT2D eigenvalue weighted by Gasteiger charge is -2.06. The van der Waals surface area contributed by atoms with E-state index in [0.29, 0.717) is 44.0 Å². The molecule has 0 unspecified atom stereocenters. The quantitative estimate of drug-likeness (QED) is 0.366. The summed E-state index contributed by atoms with van der Waals surface area (Å²) in [6.07, 6.45) is 4.16. The standard InChI is InChI=1S/C26H27N3O3/c1-20-10-12-22(13-11-20)25-24(18-29(28-25)17-21-7-3-2-4-8-21)26(30)27-14-6-15-31-19-23-9-5-16-32-23/h2-5,7-13,16,18H,6,14-15,17,19H2,1H3,(H,27,30). The number of amides is 1. The molecule has 0 spiro atoms. The van der Waals surface area contributed by atoms with Gasteiger partial charge in [0.1, 0.15) is 18.1 Å². The highest BCUT2D eigenvalue weighted by Crippen LogP contribution is 2.23. The number of carbonyl (C=O) groups excluding carboxylic acids is 1. The van der Waals surface area contributed by atoms with Crippen LogP contribution in [0.25, 0.3) is 11.3 Å². The highest BCUT2D eigenvalue weighted by molar-refractivity contribution is 5.99. The lowest BCUT2D eigenvalue weighted by Crippen LogP contribution is -2.25. The van der Waals surface area contributed by atoms with E-state index in [2.05, 4.69) is 17.4 Å². The van der Waals surface area contributed by atoms with Crippen molar-refractivity contribution in [3.05, 3.63) is 102 Å². The molecule has 0 saturated carbocycles.